The van der Waals surface area contributed by atoms with E-state index in [1.54, 1.807) is 26.2 Å². The van der Waals surface area contributed by atoms with Crippen LogP contribution in [0.15, 0.2) is 46.9 Å². The molecule has 0 N–H and O–H groups in total. The maximum Gasteiger partial charge on any atom is 0.222 e. The molecule has 2 aromatic carbocycles. The maximum atomic E-state index is 12.3. The van der Waals surface area contributed by atoms with E-state index in [0.29, 0.717) is 31.7 Å². The number of methoxy groups -OCH3 is 2. The summed E-state index contributed by atoms with van der Waals surface area (Å²) in [7, 11) is 5.01. The topological polar surface area (TPSA) is 48.0 Å². The van der Waals surface area contributed by atoms with E-state index in [1.165, 1.54) is 0 Å². The number of benzene rings is 2. The van der Waals surface area contributed by atoms with Gasteiger partial charge in [0.1, 0.15) is 17.2 Å². The predicted molar refractivity (Wildman–Crippen MR) is 105 cm³/mol. The van der Waals surface area contributed by atoms with Crippen molar-refractivity contribution in [3.63, 3.8) is 0 Å². The molecule has 0 spiro atoms. The molecule has 0 saturated carbocycles. The summed E-state index contributed by atoms with van der Waals surface area (Å²) in [6, 6.07) is 13.3. The van der Waals surface area contributed by atoms with Crippen LogP contribution in [0.4, 0.5) is 0 Å². The van der Waals surface area contributed by atoms with Crippen molar-refractivity contribution in [3.05, 3.63) is 52.5 Å². The molecule has 0 unspecified atom stereocenters. The van der Waals surface area contributed by atoms with E-state index in [0.717, 1.165) is 21.5 Å². The third-order valence-electron chi connectivity index (χ3n) is 3.93. The molecule has 2 rings (SSSR count). The number of carbonyl (C=O) groups is 1. The van der Waals surface area contributed by atoms with Crippen molar-refractivity contribution in [3.8, 4) is 17.2 Å². The van der Waals surface area contributed by atoms with Gasteiger partial charge in [0.15, 0.2) is 0 Å². The minimum Gasteiger partial charge on any atom is -0.497 e. The Bertz CT molecular complexity index is 736. The van der Waals surface area contributed by atoms with Crippen LogP contribution in [0.5, 0.6) is 17.2 Å². The SMILES string of the molecule is COc1ccc(CN(C)C(=O)CCCOc2cccc(Br)c2)c(OC)c1. The zero-order chi connectivity index (χ0) is 18.9. The van der Waals surface area contributed by atoms with Crippen LogP contribution in [0.2, 0.25) is 0 Å². The number of nitrogens with zero attached hydrogens (tertiary/aromatic N) is 1. The molecule has 5 nitrogen and oxygen atoms in total. The van der Waals surface area contributed by atoms with Crippen molar-refractivity contribution in [1.29, 1.82) is 0 Å². The summed E-state index contributed by atoms with van der Waals surface area (Å²) in [6.45, 7) is 0.986. The van der Waals surface area contributed by atoms with Gasteiger partial charge in [0.2, 0.25) is 5.91 Å². The number of amides is 1. The molecular formula is C20H24BrNO4. The zero-order valence-electron chi connectivity index (χ0n) is 15.3. The van der Waals surface area contributed by atoms with Gasteiger partial charge in [-0.15, -0.1) is 0 Å². The van der Waals surface area contributed by atoms with Gasteiger partial charge in [-0.05, 0) is 36.8 Å². The number of halogens is 1. The molecular weight excluding hydrogens is 398 g/mol. The first kappa shape index (κ1) is 20.1. The summed E-state index contributed by atoms with van der Waals surface area (Å²) in [5, 5.41) is 0. The van der Waals surface area contributed by atoms with Gasteiger partial charge in [-0.3, -0.25) is 4.79 Å². The molecule has 140 valence electrons. The van der Waals surface area contributed by atoms with Crippen molar-refractivity contribution < 1.29 is 19.0 Å². The number of ether oxygens (including phenoxy) is 3. The highest BCUT2D eigenvalue weighted by Crippen LogP contribution is 2.25. The quantitative estimate of drug-likeness (QED) is 0.566. The van der Waals surface area contributed by atoms with Crippen LogP contribution in [0.25, 0.3) is 0 Å². The molecule has 0 bridgehead atoms. The minimum atomic E-state index is 0.0701. The van der Waals surface area contributed by atoms with E-state index in [4.69, 9.17) is 14.2 Å². The molecule has 6 heteroatoms. The predicted octanol–water partition coefficient (Wildman–Crippen LogP) is 4.28. The zero-order valence-corrected chi connectivity index (χ0v) is 16.9. The summed E-state index contributed by atoms with van der Waals surface area (Å²) < 4.78 is 17.2. The first-order valence-corrected chi connectivity index (χ1v) is 9.16. The van der Waals surface area contributed by atoms with Gasteiger partial charge in [-0.2, -0.15) is 0 Å². The molecule has 1 amide bonds. The van der Waals surface area contributed by atoms with Gasteiger partial charge < -0.3 is 19.1 Å². The highest BCUT2D eigenvalue weighted by Gasteiger charge is 2.13. The maximum absolute atomic E-state index is 12.3. The highest BCUT2D eigenvalue weighted by molar-refractivity contribution is 9.10. The van der Waals surface area contributed by atoms with E-state index >= 15 is 0 Å². The third-order valence-corrected chi connectivity index (χ3v) is 4.42. The third kappa shape index (κ3) is 5.95. The Kier molecular flexibility index (Phi) is 7.78. The number of rotatable bonds is 9. The fourth-order valence-corrected chi connectivity index (χ4v) is 2.87. The molecule has 0 aliphatic heterocycles. The Morgan fingerprint density at radius 1 is 1.08 bits per heavy atom. The van der Waals surface area contributed by atoms with Gasteiger partial charge in [0.25, 0.3) is 0 Å². The monoisotopic (exact) mass is 421 g/mol. The number of hydrogen-bond donors (Lipinski definition) is 0. The van der Waals surface area contributed by atoms with Crippen molar-refractivity contribution in [2.24, 2.45) is 0 Å². The Morgan fingerprint density at radius 3 is 2.58 bits per heavy atom. The van der Waals surface area contributed by atoms with Gasteiger partial charge in [-0.1, -0.05) is 22.0 Å². The molecule has 0 atom stereocenters. The molecule has 0 radical (unpaired) electrons. The van der Waals surface area contributed by atoms with Crippen molar-refractivity contribution in [1.82, 2.24) is 4.90 Å². The van der Waals surface area contributed by atoms with Gasteiger partial charge >= 0.3 is 0 Å². The Hall–Kier alpha value is -2.21. The summed E-state index contributed by atoms with van der Waals surface area (Å²) >= 11 is 3.41. The van der Waals surface area contributed by atoms with Gasteiger partial charge in [-0.25, -0.2) is 0 Å². The Balaban J connectivity index is 1.80. The van der Waals surface area contributed by atoms with Crippen LogP contribution in [0, 0.1) is 0 Å². The van der Waals surface area contributed by atoms with E-state index in [-0.39, 0.29) is 5.91 Å². The molecule has 0 aliphatic carbocycles. The number of hydrogen-bond acceptors (Lipinski definition) is 4. The average molecular weight is 422 g/mol. The molecule has 2 aromatic rings. The standard InChI is InChI=1S/C20H24BrNO4/c1-22(14-15-9-10-17(24-2)13-19(15)25-3)20(23)8-5-11-26-18-7-4-6-16(21)12-18/h4,6-7,9-10,12-13H,5,8,11,14H2,1-3H3. The molecule has 0 heterocycles. The minimum absolute atomic E-state index is 0.0701. The summed E-state index contributed by atoms with van der Waals surface area (Å²) in [4.78, 5) is 14.0. The fourth-order valence-electron chi connectivity index (χ4n) is 2.49. The van der Waals surface area contributed by atoms with Crippen LogP contribution in [-0.4, -0.2) is 38.7 Å². The molecule has 0 aromatic heterocycles. The van der Waals surface area contributed by atoms with E-state index in [1.807, 2.05) is 42.5 Å². The van der Waals surface area contributed by atoms with Crippen LogP contribution in [-0.2, 0) is 11.3 Å². The number of carbonyl (C=O) groups excluding carboxylic acids is 1. The Labute approximate surface area is 163 Å². The largest absolute Gasteiger partial charge is 0.497 e. The first-order valence-electron chi connectivity index (χ1n) is 8.36. The summed E-state index contributed by atoms with van der Waals surface area (Å²) in [5.74, 6) is 2.30. The smallest absolute Gasteiger partial charge is 0.222 e. The van der Waals surface area contributed by atoms with Crippen LogP contribution >= 0.6 is 15.9 Å². The summed E-state index contributed by atoms with van der Waals surface area (Å²) in [5.41, 5.74) is 0.939. The van der Waals surface area contributed by atoms with E-state index < -0.39 is 0 Å². The molecule has 0 saturated heterocycles. The van der Waals surface area contributed by atoms with Crippen molar-refractivity contribution in [2.75, 3.05) is 27.9 Å². The normalized spacial score (nSPS) is 10.3. The second-order valence-corrected chi connectivity index (χ2v) is 6.75. The lowest BCUT2D eigenvalue weighted by Gasteiger charge is -2.19. The lowest BCUT2D eigenvalue weighted by atomic mass is 10.1. The average Bonchev–Trinajstić information content (AvgIpc) is 2.65. The Morgan fingerprint density at radius 2 is 1.88 bits per heavy atom. The van der Waals surface area contributed by atoms with Gasteiger partial charge in [0, 0.05) is 36.1 Å². The van der Waals surface area contributed by atoms with Crippen LogP contribution in [0.3, 0.4) is 0 Å². The molecule has 0 aliphatic rings. The highest BCUT2D eigenvalue weighted by atomic mass is 79.9. The van der Waals surface area contributed by atoms with E-state index in [2.05, 4.69) is 15.9 Å². The molecule has 26 heavy (non-hydrogen) atoms. The second-order valence-electron chi connectivity index (χ2n) is 5.84. The van der Waals surface area contributed by atoms with E-state index in [9.17, 15) is 4.79 Å². The van der Waals surface area contributed by atoms with Gasteiger partial charge in [0.05, 0.1) is 20.8 Å². The van der Waals surface area contributed by atoms with Crippen molar-refractivity contribution in [2.45, 2.75) is 19.4 Å². The first-order chi connectivity index (χ1) is 12.5. The lowest BCUT2D eigenvalue weighted by molar-refractivity contribution is -0.130. The van der Waals surface area contributed by atoms with Crippen LogP contribution < -0.4 is 14.2 Å². The second kappa shape index (κ2) is 10.1. The lowest BCUT2D eigenvalue weighted by Crippen LogP contribution is -2.26. The summed E-state index contributed by atoms with van der Waals surface area (Å²) in [6.07, 6.45) is 1.10. The van der Waals surface area contributed by atoms with Crippen molar-refractivity contribution >= 4 is 21.8 Å². The van der Waals surface area contributed by atoms with Crippen LogP contribution in [0.1, 0.15) is 18.4 Å². The molecule has 0 fully saturated rings. The fraction of sp³-hybridized carbons (Fsp3) is 0.350.